The van der Waals surface area contributed by atoms with Crippen molar-refractivity contribution >= 4 is 62.8 Å². The van der Waals surface area contributed by atoms with Crippen LogP contribution in [-0.2, 0) is 0 Å². The summed E-state index contributed by atoms with van der Waals surface area (Å²) in [5.74, 6) is 0. The van der Waals surface area contributed by atoms with E-state index in [-0.39, 0.29) is 0 Å². The first-order chi connectivity index (χ1) is 32.2. The van der Waals surface area contributed by atoms with E-state index in [0.717, 1.165) is 62.3 Å². The lowest BCUT2D eigenvalue weighted by molar-refractivity contribution is 1.24. The highest BCUT2D eigenvalue weighted by Gasteiger charge is 2.18. The normalized spacial score (nSPS) is 10.8. The maximum atomic E-state index is 2.34. The lowest BCUT2D eigenvalue weighted by Gasteiger charge is -2.29. The summed E-state index contributed by atoms with van der Waals surface area (Å²) in [5, 5.41) is 0. The molecule has 0 aliphatic heterocycles. The van der Waals surface area contributed by atoms with Gasteiger partial charge in [0, 0.05) is 51.2 Å². The van der Waals surface area contributed by atoms with Gasteiger partial charge in [-0.25, -0.2) is 0 Å². The number of rotatable bonds is 13. The third kappa shape index (κ3) is 9.13. The van der Waals surface area contributed by atoms with E-state index in [1.165, 1.54) is 22.3 Å². The zero-order valence-electron chi connectivity index (χ0n) is 36.0. The van der Waals surface area contributed by atoms with E-state index in [1.54, 1.807) is 0 Å². The first-order valence-electron chi connectivity index (χ1n) is 22.1. The molecule has 0 spiro atoms. The number of nitrogens with zero attached hydrogens (tertiary/aromatic N) is 3. The second kappa shape index (κ2) is 19.2. The van der Waals surface area contributed by atoms with Gasteiger partial charge in [-0.3, -0.25) is 0 Å². The minimum absolute atomic E-state index is 1.06. The molecule has 0 aliphatic carbocycles. The summed E-state index contributed by atoms with van der Waals surface area (Å²) < 4.78 is 0. The van der Waals surface area contributed by atoms with Crippen molar-refractivity contribution in [1.82, 2.24) is 0 Å². The van der Waals surface area contributed by atoms with Crippen molar-refractivity contribution in [3.05, 3.63) is 296 Å². The molecule has 0 saturated carbocycles. The lowest BCUT2D eigenvalue weighted by Crippen LogP contribution is -2.13. The first kappa shape index (κ1) is 40.4. The topological polar surface area (TPSA) is 9.72 Å². The van der Waals surface area contributed by atoms with Crippen LogP contribution >= 0.6 is 0 Å². The summed E-state index contributed by atoms with van der Waals surface area (Å²) in [6.07, 6.45) is 2.28. The van der Waals surface area contributed by atoms with Crippen molar-refractivity contribution in [3.63, 3.8) is 0 Å². The Labute approximate surface area is 382 Å². The van der Waals surface area contributed by atoms with Crippen LogP contribution in [0, 0.1) is 0 Å². The van der Waals surface area contributed by atoms with Crippen LogP contribution in [0.2, 0.25) is 0 Å². The van der Waals surface area contributed by atoms with Gasteiger partial charge in [-0.1, -0.05) is 170 Å². The Morgan fingerprint density at radius 2 is 0.431 bits per heavy atom. The molecule has 0 fully saturated rings. The minimum Gasteiger partial charge on any atom is -0.311 e. The summed E-state index contributed by atoms with van der Waals surface area (Å²) in [6, 6.07) is 99.0. The van der Waals surface area contributed by atoms with Crippen LogP contribution < -0.4 is 14.7 Å². The van der Waals surface area contributed by atoms with Gasteiger partial charge in [0.1, 0.15) is 0 Å². The number of hydrogen-bond acceptors (Lipinski definition) is 3. The van der Waals surface area contributed by atoms with Gasteiger partial charge in [0.05, 0.1) is 0 Å². The predicted molar refractivity (Wildman–Crippen MR) is 276 cm³/mol. The van der Waals surface area contributed by atoms with E-state index in [2.05, 4.69) is 300 Å². The van der Waals surface area contributed by atoms with Gasteiger partial charge in [0.15, 0.2) is 0 Å². The summed E-state index contributed by atoms with van der Waals surface area (Å²) in [7, 11) is 0. The molecule has 310 valence electrons. The van der Waals surface area contributed by atoms with Gasteiger partial charge in [0.25, 0.3) is 0 Å². The van der Waals surface area contributed by atoms with Crippen molar-refractivity contribution < 1.29 is 0 Å². The number of hydrogen-bond donors (Lipinski definition) is 0. The van der Waals surface area contributed by atoms with Crippen LogP contribution in [0.25, 0.3) is 22.8 Å². The lowest BCUT2D eigenvalue weighted by atomic mass is 9.95. The van der Waals surface area contributed by atoms with Gasteiger partial charge < -0.3 is 14.7 Å². The molecule has 0 radical (unpaired) electrons. The average molecular weight is 834 g/mol. The van der Waals surface area contributed by atoms with Gasteiger partial charge in [-0.2, -0.15) is 0 Å². The maximum absolute atomic E-state index is 2.34. The molecule has 0 saturated heterocycles. The van der Waals surface area contributed by atoms with Gasteiger partial charge in [-0.15, -0.1) is 0 Å². The Kier molecular flexibility index (Phi) is 11.9. The fourth-order valence-electron chi connectivity index (χ4n) is 8.46. The van der Waals surface area contributed by atoms with Gasteiger partial charge in [0.2, 0.25) is 0 Å². The Balaban J connectivity index is 0.999. The molecule has 0 aromatic heterocycles. The first-order valence-corrected chi connectivity index (χ1v) is 22.1. The third-order valence-electron chi connectivity index (χ3n) is 11.6. The predicted octanol–water partition coefficient (Wildman–Crippen LogP) is 17.4. The molecular weight excluding hydrogens is 787 g/mol. The fourth-order valence-corrected chi connectivity index (χ4v) is 8.46. The summed E-state index contributed by atoms with van der Waals surface area (Å²) in [6.45, 7) is 0. The molecule has 0 atom stereocenters. The van der Waals surface area contributed by atoms with E-state index in [0.29, 0.717) is 0 Å². The van der Waals surface area contributed by atoms with Crippen LogP contribution in [-0.4, -0.2) is 0 Å². The van der Waals surface area contributed by atoms with Gasteiger partial charge >= 0.3 is 0 Å². The molecular formula is C62H47N3. The van der Waals surface area contributed by atoms with Crippen LogP contribution in [0.5, 0.6) is 0 Å². The second-order valence-electron chi connectivity index (χ2n) is 15.8. The minimum atomic E-state index is 1.06. The van der Waals surface area contributed by atoms with Crippen LogP contribution in [0.4, 0.5) is 51.2 Å². The van der Waals surface area contributed by atoms with Crippen LogP contribution in [0.3, 0.4) is 0 Å². The molecule has 0 amide bonds. The average Bonchev–Trinajstić information content (AvgIpc) is 3.39. The van der Waals surface area contributed by atoms with Crippen molar-refractivity contribution in [2.24, 2.45) is 0 Å². The summed E-state index contributed by atoms with van der Waals surface area (Å²) >= 11 is 0. The van der Waals surface area contributed by atoms with E-state index >= 15 is 0 Å². The van der Waals surface area contributed by atoms with Crippen LogP contribution in [0.1, 0.15) is 16.7 Å². The molecule has 0 bridgehead atoms. The molecule has 3 nitrogen and oxygen atoms in total. The second-order valence-corrected chi connectivity index (χ2v) is 15.8. The smallest absolute Gasteiger partial charge is 0.0463 e. The Morgan fingerprint density at radius 1 is 0.215 bits per heavy atom. The number of anilines is 9. The third-order valence-corrected chi connectivity index (χ3v) is 11.6. The Bertz CT molecular complexity index is 2820. The van der Waals surface area contributed by atoms with Crippen molar-refractivity contribution in [2.75, 3.05) is 14.7 Å². The van der Waals surface area contributed by atoms with Crippen molar-refractivity contribution in [2.45, 2.75) is 0 Å². The summed E-state index contributed by atoms with van der Waals surface area (Å²) in [5.41, 5.74) is 16.8. The molecule has 10 rings (SSSR count). The molecule has 65 heavy (non-hydrogen) atoms. The molecule has 10 aromatic rings. The van der Waals surface area contributed by atoms with Crippen molar-refractivity contribution in [1.29, 1.82) is 0 Å². The van der Waals surface area contributed by atoms with Crippen LogP contribution in [0.15, 0.2) is 279 Å². The zero-order chi connectivity index (χ0) is 43.6. The molecule has 0 heterocycles. The van der Waals surface area contributed by atoms with E-state index in [1.807, 2.05) is 0 Å². The molecule has 0 aliphatic rings. The SMILES string of the molecule is C(=C(c1ccccc1)c1ccccc1)c1ccc(-c2ccc(N(c3ccc(N(c4ccccc4)c4ccccc4)cc3)c3ccc(N(c4ccccc4)c4ccccc4)cc3)cc2)cc1. The quantitative estimate of drug-likeness (QED) is 0.107. The largest absolute Gasteiger partial charge is 0.311 e. The molecule has 0 unspecified atom stereocenters. The van der Waals surface area contributed by atoms with E-state index < -0.39 is 0 Å². The summed E-state index contributed by atoms with van der Waals surface area (Å²) in [4.78, 5) is 6.93. The number of para-hydroxylation sites is 4. The monoisotopic (exact) mass is 833 g/mol. The Morgan fingerprint density at radius 3 is 0.708 bits per heavy atom. The highest BCUT2D eigenvalue weighted by molar-refractivity contribution is 5.92. The molecule has 10 aromatic carbocycles. The standard InChI is InChI=1S/C62H47N3/c1-7-19-51(20-8-1)62(52-21-9-2-10-22-52)47-48-31-33-49(34-32-48)50-35-37-57(38-36-50)65(60-43-39-58(40-44-60)63(53-23-11-3-12-24-53)54-25-13-4-14-26-54)61-45-41-59(42-46-61)64(55-27-15-5-16-28-55)56-29-17-6-18-30-56/h1-47H. The molecule has 0 N–H and O–H groups in total. The van der Waals surface area contributed by atoms with E-state index in [4.69, 9.17) is 0 Å². The Hall–Kier alpha value is -8.66. The van der Waals surface area contributed by atoms with E-state index in [9.17, 15) is 0 Å². The van der Waals surface area contributed by atoms with Gasteiger partial charge in [-0.05, 0) is 149 Å². The highest BCUT2D eigenvalue weighted by Crippen LogP contribution is 2.41. The fraction of sp³-hybridized carbons (Fsp3) is 0. The molecule has 3 heteroatoms. The maximum Gasteiger partial charge on any atom is 0.0463 e. The van der Waals surface area contributed by atoms with Crippen molar-refractivity contribution in [3.8, 4) is 11.1 Å². The number of benzene rings is 10. The zero-order valence-corrected chi connectivity index (χ0v) is 36.0. The highest BCUT2D eigenvalue weighted by atomic mass is 15.2.